The highest BCUT2D eigenvalue weighted by Gasteiger charge is 2.29. The van der Waals surface area contributed by atoms with Crippen LogP contribution in [0.15, 0.2) is 48.8 Å². The Morgan fingerprint density at radius 2 is 1.44 bits per heavy atom. The number of carbonyl (C=O) groups is 1. The molecule has 0 bridgehead atoms. The number of rotatable bonds is 17. The molecule has 0 spiro atoms. The van der Waals surface area contributed by atoms with E-state index in [1.54, 1.807) is 12.4 Å². The van der Waals surface area contributed by atoms with Gasteiger partial charge in [-0.05, 0) is 30.0 Å². The molecule has 0 fully saturated rings. The van der Waals surface area contributed by atoms with Gasteiger partial charge in [-0.15, -0.1) is 11.6 Å². The fraction of sp³-hybridized carbons (Fsp3) is 0.586. The molecule has 0 saturated heterocycles. The summed E-state index contributed by atoms with van der Waals surface area (Å²) in [6.45, 7) is 4.39. The molecule has 0 aliphatic rings. The van der Waals surface area contributed by atoms with Crippen LogP contribution < -0.4 is 0 Å². The standard InChI is InChI=1S/C29H42ClNO/c1-3-5-6-7-8-9-10-11-12-13-14-17-27(30)28(26-16-15-22-31-23-26)29(32)25-20-18-24(4-2)19-21-25/h15-16,18-23,27-28H,3-14,17H2,1-2H3. The van der Waals surface area contributed by atoms with Crippen molar-refractivity contribution < 1.29 is 4.79 Å². The molecule has 0 amide bonds. The van der Waals surface area contributed by atoms with Crippen molar-refractivity contribution in [3.63, 3.8) is 0 Å². The molecule has 0 aliphatic heterocycles. The van der Waals surface area contributed by atoms with E-state index in [0.717, 1.165) is 30.4 Å². The monoisotopic (exact) mass is 455 g/mol. The Labute approximate surface area is 201 Å². The highest BCUT2D eigenvalue weighted by atomic mass is 35.5. The minimum Gasteiger partial charge on any atom is -0.293 e. The number of hydrogen-bond donors (Lipinski definition) is 0. The van der Waals surface area contributed by atoms with Gasteiger partial charge in [-0.2, -0.15) is 0 Å². The molecule has 2 rings (SSSR count). The summed E-state index contributed by atoms with van der Waals surface area (Å²) in [6.07, 6.45) is 19.8. The minimum absolute atomic E-state index is 0.101. The highest BCUT2D eigenvalue weighted by molar-refractivity contribution is 6.24. The van der Waals surface area contributed by atoms with Crippen LogP contribution in [0.5, 0.6) is 0 Å². The summed E-state index contributed by atoms with van der Waals surface area (Å²) in [5, 5.41) is -0.212. The SMILES string of the molecule is CCCCCCCCCCCCCC(Cl)C(C(=O)c1ccc(CC)cc1)c1cccnc1. The van der Waals surface area contributed by atoms with Gasteiger partial charge in [0.25, 0.3) is 0 Å². The Bertz CT molecular complexity index is 744. The fourth-order valence-corrected chi connectivity index (χ4v) is 4.75. The molecular formula is C29H42ClNO. The zero-order valence-corrected chi connectivity index (χ0v) is 21.0. The number of Topliss-reactive ketones (excluding diaryl/α,β-unsaturated/α-hetero) is 1. The third kappa shape index (κ3) is 9.45. The maximum Gasteiger partial charge on any atom is 0.171 e. The van der Waals surface area contributed by atoms with E-state index in [4.69, 9.17) is 11.6 Å². The Morgan fingerprint density at radius 3 is 1.97 bits per heavy atom. The lowest BCUT2D eigenvalue weighted by molar-refractivity contribution is 0.0955. The molecule has 1 heterocycles. The number of aryl methyl sites for hydroxylation is 1. The number of ketones is 1. The van der Waals surface area contributed by atoms with Gasteiger partial charge in [0.15, 0.2) is 5.78 Å². The molecule has 0 saturated carbocycles. The van der Waals surface area contributed by atoms with Gasteiger partial charge in [0, 0.05) is 23.3 Å². The predicted molar refractivity (Wildman–Crippen MR) is 138 cm³/mol. The van der Waals surface area contributed by atoms with Crippen molar-refractivity contribution in [2.24, 2.45) is 0 Å². The molecule has 2 atom stereocenters. The number of hydrogen-bond acceptors (Lipinski definition) is 2. The smallest absolute Gasteiger partial charge is 0.171 e. The molecule has 176 valence electrons. The molecule has 2 nitrogen and oxygen atoms in total. The van der Waals surface area contributed by atoms with Gasteiger partial charge in [0.2, 0.25) is 0 Å². The predicted octanol–water partition coefficient (Wildman–Crippen LogP) is 8.92. The Morgan fingerprint density at radius 1 is 0.844 bits per heavy atom. The van der Waals surface area contributed by atoms with Gasteiger partial charge in [0.1, 0.15) is 0 Å². The van der Waals surface area contributed by atoms with E-state index in [-0.39, 0.29) is 17.1 Å². The Kier molecular flexibility index (Phi) is 13.3. The van der Waals surface area contributed by atoms with E-state index in [9.17, 15) is 4.79 Å². The average Bonchev–Trinajstić information content (AvgIpc) is 2.83. The largest absolute Gasteiger partial charge is 0.293 e. The van der Waals surface area contributed by atoms with Gasteiger partial charge >= 0.3 is 0 Å². The van der Waals surface area contributed by atoms with Gasteiger partial charge < -0.3 is 0 Å². The number of nitrogens with zero attached hydrogens (tertiary/aromatic N) is 1. The van der Waals surface area contributed by atoms with Crippen LogP contribution in [0.25, 0.3) is 0 Å². The maximum absolute atomic E-state index is 13.4. The maximum atomic E-state index is 13.4. The zero-order chi connectivity index (χ0) is 23.0. The first kappa shape index (κ1) is 26.6. The quantitative estimate of drug-likeness (QED) is 0.135. The van der Waals surface area contributed by atoms with E-state index in [1.807, 2.05) is 36.4 Å². The second-order valence-electron chi connectivity index (χ2n) is 9.02. The molecule has 1 aromatic carbocycles. The summed E-state index contributed by atoms with van der Waals surface area (Å²) < 4.78 is 0. The van der Waals surface area contributed by atoms with Crippen LogP contribution in [0.2, 0.25) is 0 Å². The fourth-order valence-electron chi connectivity index (χ4n) is 4.34. The van der Waals surface area contributed by atoms with Gasteiger partial charge in [-0.25, -0.2) is 0 Å². The number of carbonyl (C=O) groups excluding carboxylic acids is 1. The van der Waals surface area contributed by atoms with Gasteiger partial charge in [0.05, 0.1) is 5.92 Å². The first-order valence-electron chi connectivity index (χ1n) is 12.8. The summed E-state index contributed by atoms with van der Waals surface area (Å²) in [5.41, 5.74) is 2.89. The zero-order valence-electron chi connectivity index (χ0n) is 20.2. The summed E-state index contributed by atoms with van der Waals surface area (Å²) in [4.78, 5) is 17.6. The van der Waals surface area contributed by atoms with Gasteiger partial charge in [-0.1, -0.05) is 115 Å². The number of benzene rings is 1. The average molecular weight is 456 g/mol. The third-order valence-electron chi connectivity index (χ3n) is 6.42. The molecule has 1 aromatic heterocycles. The van der Waals surface area contributed by atoms with Crippen molar-refractivity contribution in [1.29, 1.82) is 0 Å². The van der Waals surface area contributed by atoms with E-state index in [2.05, 4.69) is 18.8 Å². The summed E-state index contributed by atoms with van der Waals surface area (Å²) in [7, 11) is 0. The van der Waals surface area contributed by atoms with Crippen molar-refractivity contribution in [1.82, 2.24) is 4.98 Å². The molecule has 32 heavy (non-hydrogen) atoms. The lowest BCUT2D eigenvalue weighted by atomic mass is 9.86. The Hall–Kier alpha value is -1.67. The lowest BCUT2D eigenvalue weighted by Crippen LogP contribution is -2.23. The molecule has 0 radical (unpaired) electrons. The van der Waals surface area contributed by atoms with Crippen LogP contribution in [0.1, 0.15) is 118 Å². The van der Waals surface area contributed by atoms with Crippen LogP contribution in [-0.4, -0.2) is 16.1 Å². The molecule has 0 aliphatic carbocycles. The highest BCUT2D eigenvalue weighted by Crippen LogP contribution is 2.31. The number of unbranched alkanes of at least 4 members (excludes halogenated alkanes) is 10. The van der Waals surface area contributed by atoms with E-state index in [0.29, 0.717) is 0 Å². The number of pyridine rings is 1. The topological polar surface area (TPSA) is 30.0 Å². The second-order valence-corrected chi connectivity index (χ2v) is 9.58. The number of aromatic nitrogens is 1. The first-order chi connectivity index (χ1) is 15.7. The first-order valence-corrected chi connectivity index (χ1v) is 13.3. The summed E-state index contributed by atoms with van der Waals surface area (Å²) >= 11 is 6.86. The van der Waals surface area contributed by atoms with Crippen LogP contribution in [0.3, 0.4) is 0 Å². The van der Waals surface area contributed by atoms with Crippen LogP contribution in [0.4, 0.5) is 0 Å². The molecular weight excluding hydrogens is 414 g/mol. The molecule has 3 heteroatoms. The van der Waals surface area contributed by atoms with Gasteiger partial charge in [-0.3, -0.25) is 9.78 Å². The van der Waals surface area contributed by atoms with Crippen molar-refractivity contribution >= 4 is 17.4 Å². The van der Waals surface area contributed by atoms with Crippen LogP contribution in [-0.2, 0) is 6.42 Å². The van der Waals surface area contributed by atoms with Crippen molar-refractivity contribution in [2.45, 2.75) is 109 Å². The number of alkyl halides is 1. The van der Waals surface area contributed by atoms with Crippen molar-refractivity contribution in [3.05, 3.63) is 65.5 Å². The molecule has 2 aromatic rings. The number of halogens is 1. The molecule has 0 N–H and O–H groups in total. The van der Waals surface area contributed by atoms with E-state index >= 15 is 0 Å². The third-order valence-corrected chi connectivity index (χ3v) is 6.89. The normalized spacial score (nSPS) is 13.1. The van der Waals surface area contributed by atoms with E-state index in [1.165, 1.54) is 69.8 Å². The van der Waals surface area contributed by atoms with E-state index < -0.39 is 0 Å². The second kappa shape index (κ2) is 16.0. The van der Waals surface area contributed by atoms with Crippen molar-refractivity contribution in [3.8, 4) is 0 Å². The minimum atomic E-state index is -0.346. The van der Waals surface area contributed by atoms with Crippen molar-refractivity contribution in [2.75, 3.05) is 0 Å². The lowest BCUT2D eigenvalue weighted by Gasteiger charge is -2.22. The van der Waals surface area contributed by atoms with Crippen LogP contribution in [0, 0.1) is 0 Å². The Balaban J connectivity index is 1.80. The molecule has 2 unspecified atom stereocenters. The summed E-state index contributed by atoms with van der Waals surface area (Å²) in [6, 6.07) is 11.8. The van der Waals surface area contributed by atoms with Crippen LogP contribution >= 0.6 is 11.6 Å². The summed E-state index contributed by atoms with van der Waals surface area (Å²) in [5.74, 6) is -0.246.